The number of piperazine rings is 1. The summed E-state index contributed by atoms with van der Waals surface area (Å²) in [4.78, 5) is 1.76. The van der Waals surface area contributed by atoms with Crippen molar-refractivity contribution in [1.29, 1.82) is 0 Å². The molecule has 100 valence electrons. The smallest absolute Gasteiger partial charge is 0.196 e. The maximum absolute atomic E-state index is 13.7. The standard InChI is InChI=1S/C13H17F3N2/c1-3-13(2)8-18(7-6-17-13)10-5-4-9(14)11(15)12(10)16/h4-5,17H,3,6-8H2,1-2H3. The summed E-state index contributed by atoms with van der Waals surface area (Å²) in [5, 5.41) is 3.36. The van der Waals surface area contributed by atoms with E-state index in [4.69, 9.17) is 0 Å². The number of halogens is 3. The lowest BCUT2D eigenvalue weighted by molar-refractivity contribution is 0.312. The summed E-state index contributed by atoms with van der Waals surface area (Å²) >= 11 is 0. The first-order chi connectivity index (χ1) is 8.47. The van der Waals surface area contributed by atoms with E-state index in [2.05, 4.69) is 5.32 Å². The Morgan fingerprint density at radius 3 is 2.67 bits per heavy atom. The molecule has 0 saturated carbocycles. The van der Waals surface area contributed by atoms with E-state index in [1.54, 1.807) is 4.90 Å². The molecule has 0 amide bonds. The van der Waals surface area contributed by atoms with Gasteiger partial charge in [-0.2, -0.15) is 0 Å². The normalized spacial score (nSPS) is 24.4. The van der Waals surface area contributed by atoms with Crippen molar-refractivity contribution in [3.8, 4) is 0 Å². The summed E-state index contributed by atoms with van der Waals surface area (Å²) in [7, 11) is 0. The van der Waals surface area contributed by atoms with E-state index in [1.807, 2.05) is 13.8 Å². The van der Waals surface area contributed by atoms with Crippen LogP contribution in [0, 0.1) is 17.5 Å². The van der Waals surface area contributed by atoms with E-state index in [0.29, 0.717) is 19.6 Å². The van der Waals surface area contributed by atoms with Crippen molar-refractivity contribution in [1.82, 2.24) is 5.32 Å². The number of rotatable bonds is 2. The molecule has 5 heteroatoms. The van der Waals surface area contributed by atoms with Crippen LogP contribution in [-0.2, 0) is 0 Å². The highest BCUT2D eigenvalue weighted by Crippen LogP contribution is 2.27. The Morgan fingerprint density at radius 2 is 2.00 bits per heavy atom. The Labute approximate surface area is 105 Å². The number of benzene rings is 1. The Bertz CT molecular complexity index is 450. The van der Waals surface area contributed by atoms with E-state index in [9.17, 15) is 13.2 Å². The highest BCUT2D eigenvalue weighted by molar-refractivity contribution is 5.49. The molecule has 1 heterocycles. The van der Waals surface area contributed by atoms with Crippen LogP contribution in [0.2, 0.25) is 0 Å². The maximum atomic E-state index is 13.7. The molecule has 1 aromatic rings. The topological polar surface area (TPSA) is 15.3 Å². The van der Waals surface area contributed by atoms with Crippen LogP contribution in [0.25, 0.3) is 0 Å². The zero-order chi connectivity index (χ0) is 13.3. The second-order valence-electron chi connectivity index (χ2n) is 4.96. The summed E-state index contributed by atoms with van der Waals surface area (Å²) in [6.07, 6.45) is 0.884. The van der Waals surface area contributed by atoms with Gasteiger partial charge in [0.05, 0.1) is 5.69 Å². The second kappa shape index (κ2) is 4.80. The molecule has 1 atom stereocenters. The zero-order valence-corrected chi connectivity index (χ0v) is 10.6. The largest absolute Gasteiger partial charge is 0.366 e. The second-order valence-corrected chi connectivity index (χ2v) is 4.96. The first-order valence-electron chi connectivity index (χ1n) is 6.10. The molecule has 1 saturated heterocycles. The zero-order valence-electron chi connectivity index (χ0n) is 10.6. The maximum Gasteiger partial charge on any atom is 0.196 e. The van der Waals surface area contributed by atoms with Crippen LogP contribution in [0.15, 0.2) is 12.1 Å². The molecule has 0 bridgehead atoms. The van der Waals surface area contributed by atoms with Crippen molar-refractivity contribution in [2.45, 2.75) is 25.8 Å². The third-order valence-electron chi connectivity index (χ3n) is 3.61. The fourth-order valence-corrected chi connectivity index (χ4v) is 2.25. The lowest BCUT2D eigenvalue weighted by Crippen LogP contribution is -2.58. The fourth-order valence-electron chi connectivity index (χ4n) is 2.25. The molecular formula is C13H17F3N2. The van der Waals surface area contributed by atoms with Gasteiger partial charge in [-0.3, -0.25) is 0 Å². The Morgan fingerprint density at radius 1 is 1.28 bits per heavy atom. The van der Waals surface area contributed by atoms with E-state index in [0.717, 1.165) is 12.5 Å². The quantitative estimate of drug-likeness (QED) is 0.820. The molecule has 0 aliphatic carbocycles. The van der Waals surface area contributed by atoms with E-state index in [1.165, 1.54) is 6.07 Å². The Hall–Kier alpha value is -1.23. The van der Waals surface area contributed by atoms with Crippen LogP contribution >= 0.6 is 0 Å². The van der Waals surface area contributed by atoms with Crippen LogP contribution in [0.4, 0.5) is 18.9 Å². The molecule has 1 aromatic carbocycles. The Balaban J connectivity index is 2.29. The number of nitrogens with zero attached hydrogens (tertiary/aromatic N) is 1. The molecule has 2 rings (SSSR count). The van der Waals surface area contributed by atoms with Crippen LogP contribution in [0.5, 0.6) is 0 Å². The van der Waals surface area contributed by atoms with Gasteiger partial charge < -0.3 is 10.2 Å². The SMILES string of the molecule is CCC1(C)CN(c2ccc(F)c(F)c2F)CCN1. The van der Waals surface area contributed by atoms with Crippen LogP contribution in [-0.4, -0.2) is 25.2 Å². The van der Waals surface area contributed by atoms with Gasteiger partial charge in [-0.15, -0.1) is 0 Å². The molecule has 18 heavy (non-hydrogen) atoms. The van der Waals surface area contributed by atoms with Gasteiger partial charge in [0.1, 0.15) is 0 Å². The predicted molar refractivity (Wildman–Crippen MR) is 65.2 cm³/mol. The average Bonchev–Trinajstić information content (AvgIpc) is 2.36. The van der Waals surface area contributed by atoms with Gasteiger partial charge in [0, 0.05) is 25.2 Å². The number of nitrogens with one attached hydrogen (secondary N) is 1. The van der Waals surface area contributed by atoms with E-state index >= 15 is 0 Å². The predicted octanol–water partition coefficient (Wildman–Crippen LogP) is 2.68. The molecule has 0 aromatic heterocycles. The van der Waals surface area contributed by atoms with Crippen molar-refractivity contribution >= 4 is 5.69 Å². The Kier molecular flexibility index (Phi) is 3.52. The summed E-state index contributed by atoms with van der Waals surface area (Å²) in [5.41, 5.74) is 0.00492. The van der Waals surface area contributed by atoms with Gasteiger partial charge >= 0.3 is 0 Å². The van der Waals surface area contributed by atoms with Crippen LogP contribution < -0.4 is 10.2 Å². The highest BCUT2D eigenvalue weighted by Gasteiger charge is 2.30. The van der Waals surface area contributed by atoms with Gasteiger partial charge in [-0.25, -0.2) is 13.2 Å². The molecule has 0 spiro atoms. The third-order valence-corrected chi connectivity index (χ3v) is 3.61. The van der Waals surface area contributed by atoms with Gasteiger partial charge in [0.2, 0.25) is 0 Å². The van der Waals surface area contributed by atoms with Crippen molar-refractivity contribution in [3.05, 3.63) is 29.6 Å². The monoisotopic (exact) mass is 258 g/mol. The van der Waals surface area contributed by atoms with Gasteiger partial charge in [0.15, 0.2) is 17.5 Å². The van der Waals surface area contributed by atoms with Gasteiger partial charge in [0.25, 0.3) is 0 Å². The van der Waals surface area contributed by atoms with Crippen molar-refractivity contribution in [2.75, 3.05) is 24.5 Å². The van der Waals surface area contributed by atoms with Crippen LogP contribution in [0.1, 0.15) is 20.3 Å². The molecule has 1 aliphatic rings. The molecule has 1 fully saturated rings. The highest BCUT2D eigenvalue weighted by atomic mass is 19.2. The lowest BCUT2D eigenvalue weighted by Gasteiger charge is -2.42. The number of hydrogen-bond donors (Lipinski definition) is 1. The first kappa shape index (κ1) is 13.2. The van der Waals surface area contributed by atoms with Crippen molar-refractivity contribution in [3.63, 3.8) is 0 Å². The molecule has 0 radical (unpaired) electrons. The summed E-state index contributed by atoms with van der Waals surface area (Å²) in [6, 6.07) is 2.27. The molecule has 1 unspecified atom stereocenters. The minimum Gasteiger partial charge on any atom is -0.366 e. The molecular weight excluding hydrogens is 241 g/mol. The van der Waals surface area contributed by atoms with Crippen LogP contribution in [0.3, 0.4) is 0 Å². The van der Waals surface area contributed by atoms with Crippen molar-refractivity contribution < 1.29 is 13.2 Å². The summed E-state index contributed by atoms with van der Waals surface area (Å²) < 4.78 is 39.9. The first-order valence-corrected chi connectivity index (χ1v) is 6.10. The minimum absolute atomic E-state index is 0.129. The van der Waals surface area contributed by atoms with Crippen molar-refractivity contribution in [2.24, 2.45) is 0 Å². The number of hydrogen-bond acceptors (Lipinski definition) is 2. The van der Waals surface area contributed by atoms with E-state index in [-0.39, 0.29) is 11.2 Å². The summed E-state index contributed by atoms with van der Waals surface area (Å²) in [5.74, 6) is -3.65. The fraction of sp³-hybridized carbons (Fsp3) is 0.538. The molecule has 1 aliphatic heterocycles. The lowest BCUT2D eigenvalue weighted by atomic mass is 9.95. The third kappa shape index (κ3) is 2.32. The average molecular weight is 258 g/mol. The summed E-state index contributed by atoms with van der Waals surface area (Å²) in [6.45, 7) is 5.93. The van der Waals surface area contributed by atoms with Gasteiger partial charge in [-0.05, 0) is 25.5 Å². The van der Waals surface area contributed by atoms with Gasteiger partial charge in [-0.1, -0.05) is 6.92 Å². The molecule has 2 nitrogen and oxygen atoms in total. The van der Waals surface area contributed by atoms with E-state index < -0.39 is 17.5 Å². The minimum atomic E-state index is -1.40. The molecule has 1 N–H and O–H groups in total. The number of anilines is 1.